The molecule has 2 aliphatic heterocycles. The van der Waals surface area contributed by atoms with Crippen molar-refractivity contribution >= 4 is 10.9 Å². The molecule has 1 aromatic heterocycles. The number of aryl methyl sites for hydroxylation is 1. The van der Waals surface area contributed by atoms with Crippen LogP contribution in [0.15, 0.2) is 78.9 Å². The zero-order valence-electron chi connectivity index (χ0n) is 23.5. The zero-order valence-corrected chi connectivity index (χ0v) is 23.5. The van der Waals surface area contributed by atoms with Crippen LogP contribution in [-0.2, 0) is 19.4 Å². The quantitative estimate of drug-likeness (QED) is 0.239. The van der Waals surface area contributed by atoms with E-state index in [4.69, 9.17) is 14.2 Å². The van der Waals surface area contributed by atoms with E-state index in [0.29, 0.717) is 6.61 Å². The van der Waals surface area contributed by atoms with Gasteiger partial charge in [0.2, 0.25) is 0 Å². The first kappa shape index (κ1) is 25.7. The normalized spacial score (nSPS) is 18.0. The molecule has 2 atom stereocenters. The third-order valence-corrected chi connectivity index (χ3v) is 8.67. The number of ether oxygens (including phenoxy) is 3. The number of rotatable bonds is 6. The van der Waals surface area contributed by atoms with Crippen LogP contribution in [0.3, 0.4) is 0 Å². The van der Waals surface area contributed by atoms with Gasteiger partial charge < -0.3 is 19.2 Å². The van der Waals surface area contributed by atoms with Gasteiger partial charge in [0.05, 0.1) is 20.3 Å². The third kappa shape index (κ3) is 4.52. The maximum absolute atomic E-state index is 14.0. The van der Waals surface area contributed by atoms with Gasteiger partial charge in [-0.2, -0.15) is 0 Å². The maximum Gasteiger partial charge on any atom is 0.161 e. The molecule has 0 saturated carbocycles. The van der Waals surface area contributed by atoms with Crippen molar-refractivity contribution < 1.29 is 18.6 Å². The summed E-state index contributed by atoms with van der Waals surface area (Å²) in [7, 11) is 3.40. The van der Waals surface area contributed by atoms with E-state index in [1.54, 1.807) is 26.4 Å². The van der Waals surface area contributed by atoms with E-state index in [-0.39, 0.29) is 17.9 Å². The first-order valence-corrected chi connectivity index (χ1v) is 14.1. The molecule has 4 aromatic carbocycles. The lowest BCUT2D eigenvalue weighted by molar-refractivity contribution is 0.127. The number of nitrogens with one attached hydrogen (secondary N) is 1. The Hall–Kier alpha value is -4.29. The maximum atomic E-state index is 14.0. The van der Waals surface area contributed by atoms with Gasteiger partial charge in [0.1, 0.15) is 18.2 Å². The molecule has 0 aliphatic carbocycles. The second kappa shape index (κ2) is 10.3. The fourth-order valence-electron chi connectivity index (χ4n) is 6.57. The molecular formula is C35H33FN2O3. The van der Waals surface area contributed by atoms with Gasteiger partial charge in [-0.25, -0.2) is 4.39 Å². The van der Waals surface area contributed by atoms with Gasteiger partial charge in [-0.1, -0.05) is 42.0 Å². The van der Waals surface area contributed by atoms with E-state index in [9.17, 15) is 4.39 Å². The molecule has 5 nitrogen and oxygen atoms in total. The van der Waals surface area contributed by atoms with Crippen molar-refractivity contribution in [3.63, 3.8) is 0 Å². The molecule has 0 fully saturated rings. The summed E-state index contributed by atoms with van der Waals surface area (Å²) in [6.07, 6.45) is 1.73. The summed E-state index contributed by atoms with van der Waals surface area (Å²) in [4.78, 5) is 6.27. The second-order valence-corrected chi connectivity index (χ2v) is 11.1. The molecule has 3 heterocycles. The fourth-order valence-corrected chi connectivity index (χ4v) is 6.57. The fraction of sp³-hybridized carbons (Fsp3) is 0.257. The minimum atomic E-state index is -0.227. The van der Waals surface area contributed by atoms with Crippen LogP contribution in [0, 0.1) is 12.7 Å². The predicted octanol–water partition coefficient (Wildman–Crippen LogP) is 7.46. The highest BCUT2D eigenvalue weighted by molar-refractivity contribution is 5.87. The Balaban J connectivity index is 1.31. The number of hydrogen-bond donors (Lipinski definition) is 1. The second-order valence-electron chi connectivity index (χ2n) is 11.1. The number of aromatic amines is 1. The van der Waals surface area contributed by atoms with Crippen molar-refractivity contribution in [2.24, 2.45) is 0 Å². The van der Waals surface area contributed by atoms with Gasteiger partial charge in [-0.05, 0) is 90.0 Å². The molecule has 208 valence electrons. The highest BCUT2D eigenvalue weighted by Crippen LogP contribution is 2.50. The number of nitrogens with zero attached hydrogens (tertiary/aromatic N) is 1. The summed E-state index contributed by atoms with van der Waals surface area (Å²) in [5.74, 6) is 2.11. The summed E-state index contributed by atoms with van der Waals surface area (Å²) in [6.45, 7) is 3.45. The van der Waals surface area contributed by atoms with Crippen LogP contribution in [-0.4, -0.2) is 30.6 Å². The van der Waals surface area contributed by atoms with Crippen molar-refractivity contribution in [1.82, 2.24) is 9.88 Å². The first-order valence-electron chi connectivity index (χ1n) is 14.1. The molecule has 5 aromatic rings. The average Bonchev–Trinajstić information content (AvgIpc) is 3.37. The van der Waals surface area contributed by atoms with E-state index in [2.05, 4.69) is 65.3 Å². The molecule has 2 unspecified atom stereocenters. The molecular weight excluding hydrogens is 515 g/mol. The Bertz CT molecular complexity index is 1730. The van der Waals surface area contributed by atoms with E-state index in [1.165, 1.54) is 33.3 Å². The van der Waals surface area contributed by atoms with Crippen LogP contribution >= 0.6 is 0 Å². The number of fused-ring (bicyclic) bond motifs is 6. The smallest absolute Gasteiger partial charge is 0.161 e. The van der Waals surface area contributed by atoms with Gasteiger partial charge in [-0.15, -0.1) is 0 Å². The third-order valence-electron chi connectivity index (χ3n) is 8.67. The number of methoxy groups -OCH3 is 2. The summed E-state index contributed by atoms with van der Waals surface area (Å²) in [6, 6.07) is 26.0. The summed E-state index contributed by atoms with van der Waals surface area (Å²) in [5, 5.41) is 1.17. The highest BCUT2D eigenvalue weighted by Gasteiger charge is 2.41. The molecule has 0 bridgehead atoms. The minimum Gasteiger partial charge on any atom is -0.497 e. The molecule has 41 heavy (non-hydrogen) atoms. The van der Waals surface area contributed by atoms with Crippen LogP contribution < -0.4 is 14.2 Å². The van der Waals surface area contributed by atoms with Crippen LogP contribution in [0.5, 0.6) is 17.2 Å². The minimum absolute atomic E-state index is 0.0284. The molecule has 0 spiro atoms. The largest absolute Gasteiger partial charge is 0.497 e. The van der Waals surface area contributed by atoms with Crippen molar-refractivity contribution in [3.8, 4) is 17.2 Å². The molecule has 0 amide bonds. The van der Waals surface area contributed by atoms with Gasteiger partial charge in [0, 0.05) is 29.2 Å². The number of hydrogen-bond acceptors (Lipinski definition) is 4. The lowest BCUT2D eigenvalue weighted by atomic mass is 9.80. The Labute approximate surface area is 239 Å². The van der Waals surface area contributed by atoms with E-state index < -0.39 is 0 Å². The Morgan fingerprint density at radius 2 is 1.71 bits per heavy atom. The number of H-pyrrole nitrogens is 1. The van der Waals surface area contributed by atoms with Gasteiger partial charge in [0.25, 0.3) is 0 Å². The van der Waals surface area contributed by atoms with Crippen LogP contribution in [0.2, 0.25) is 0 Å². The van der Waals surface area contributed by atoms with Gasteiger partial charge in [0.15, 0.2) is 11.5 Å². The van der Waals surface area contributed by atoms with E-state index >= 15 is 0 Å². The molecule has 6 heteroatoms. The number of aromatic nitrogens is 1. The standard InChI is InChI=1S/C35H33FN2O3/c1-21-4-6-22(7-5-21)20-41-33-16-24-14-15-38-31(27(24)19-32(33)40-3)18-29-28-17-26(39-2)12-13-30(28)37-34(29)35(38)23-8-10-25(36)11-9-23/h4-13,16-17,19,31,35,37H,14-15,18,20H2,1-3H3. The SMILES string of the molecule is COc1ccc2[nH]c3c(c2c1)CC1c2cc(OC)c(OCc4ccc(C)cc4)cc2CCN1C3c1ccc(F)cc1. The van der Waals surface area contributed by atoms with Gasteiger partial charge in [-0.3, -0.25) is 4.90 Å². The Morgan fingerprint density at radius 3 is 2.46 bits per heavy atom. The summed E-state index contributed by atoms with van der Waals surface area (Å²) >= 11 is 0. The van der Waals surface area contributed by atoms with Crippen molar-refractivity contribution in [2.75, 3.05) is 20.8 Å². The van der Waals surface area contributed by atoms with E-state index in [0.717, 1.165) is 53.3 Å². The molecule has 1 N–H and O–H groups in total. The lowest BCUT2D eigenvalue weighted by Gasteiger charge is -2.46. The molecule has 0 radical (unpaired) electrons. The van der Waals surface area contributed by atoms with Crippen molar-refractivity contribution in [1.29, 1.82) is 0 Å². The Kier molecular flexibility index (Phi) is 6.43. The van der Waals surface area contributed by atoms with Gasteiger partial charge >= 0.3 is 0 Å². The summed E-state index contributed by atoms with van der Waals surface area (Å²) in [5.41, 5.74) is 9.50. The van der Waals surface area contributed by atoms with Crippen LogP contribution in [0.1, 0.15) is 51.2 Å². The molecule has 2 aliphatic rings. The first-order chi connectivity index (χ1) is 20.0. The molecule has 7 rings (SSSR count). The van der Waals surface area contributed by atoms with Crippen LogP contribution in [0.4, 0.5) is 4.39 Å². The number of halogens is 1. The number of benzene rings is 4. The van der Waals surface area contributed by atoms with Crippen molar-refractivity contribution in [3.05, 3.63) is 124 Å². The monoisotopic (exact) mass is 548 g/mol. The Morgan fingerprint density at radius 1 is 0.902 bits per heavy atom. The lowest BCUT2D eigenvalue weighted by Crippen LogP contribution is -2.43. The topological polar surface area (TPSA) is 46.7 Å². The molecule has 0 saturated heterocycles. The average molecular weight is 549 g/mol. The predicted molar refractivity (Wildman–Crippen MR) is 158 cm³/mol. The summed E-state index contributed by atoms with van der Waals surface area (Å²) < 4.78 is 31.7. The van der Waals surface area contributed by atoms with E-state index in [1.807, 2.05) is 18.2 Å². The zero-order chi connectivity index (χ0) is 28.1. The highest BCUT2D eigenvalue weighted by atomic mass is 19.1. The van der Waals surface area contributed by atoms with Crippen molar-refractivity contribution in [2.45, 2.75) is 38.5 Å². The van der Waals surface area contributed by atoms with Crippen LogP contribution in [0.25, 0.3) is 10.9 Å².